The van der Waals surface area contributed by atoms with Crippen molar-refractivity contribution in [1.29, 1.82) is 0 Å². The van der Waals surface area contributed by atoms with Gasteiger partial charge in [0.25, 0.3) is 0 Å². The number of piperazine rings is 1. The van der Waals surface area contributed by atoms with E-state index in [0.29, 0.717) is 13.1 Å². The number of hydrogen-bond donors (Lipinski definition) is 1. The number of benzene rings is 1. The first kappa shape index (κ1) is 13.3. The predicted octanol–water partition coefficient (Wildman–Crippen LogP) is 2.25. The Balaban J connectivity index is 2.25. The summed E-state index contributed by atoms with van der Waals surface area (Å²) in [6, 6.07) is 3.10. The molecule has 0 atom stereocenters. The molecular formula is C12H14F4N2. The van der Waals surface area contributed by atoms with Gasteiger partial charge >= 0.3 is 6.18 Å². The van der Waals surface area contributed by atoms with Gasteiger partial charge in [-0.05, 0) is 12.1 Å². The average molecular weight is 262 g/mol. The van der Waals surface area contributed by atoms with Gasteiger partial charge in [0.2, 0.25) is 0 Å². The molecule has 2 rings (SSSR count). The van der Waals surface area contributed by atoms with E-state index in [1.54, 1.807) is 0 Å². The molecule has 0 saturated carbocycles. The van der Waals surface area contributed by atoms with E-state index in [1.165, 1.54) is 0 Å². The molecule has 1 saturated heterocycles. The molecule has 6 heteroatoms. The smallest absolute Gasteiger partial charge is 0.314 e. The van der Waals surface area contributed by atoms with Crippen LogP contribution in [0.1, 0.15) is 11.1 Å². The van der Waals surface area contributed by atoms with Gasteiger partial charge in [-0.2, -0.15) is 13.2 Å². The first-order chi connectivity index (χ1) is 8.48. The number of nitrogens with one attached hydrogen (secondary N) is 1. The lowest BCUT2D eigenvalue weighted by Gasteiger charge is -2.28. The summed E-state index contributed by atoms with van der Waals surface area (Å²) in [6.07, 6.45) is -4.51. The summed E-state index contributed by atoms with van der Waals surface area (Å²) in [5, 5.41) is 3.10. The normalized spacial score (nSPS) is 18.0. The van der Waals surface area contributed by atoms with Crippen LogP contribution in [0, 0.1) is 5.82 Å². The molecule has 1 aliphatic heterocycles. The number of halogens is 4. The van der Waals surface area contributed by atoms with Crippen LogP contribution >= 0.6 is 0 Å². The zero-order valence-corrected chi connectivity index (χ0v) is 9.73. The van der Waals surface area contributed by atoms with Crippen LogP contribution in [-0.4, -0.2) is 31.1 Å². The summed E-state index contributed by atoms with van der Waals surface area (Å²) in [5.41, 5.74) is -1.13. The van der Waals surface area contributed by atoms with E-state index in [1.807, 2.05) is 4.90 Å². The highest BCUT2D eigenvalue weighted by Gasteiger charge is 2.34. The highest BCUT2D eigenvalue weighted by Crippen LogP contribution is 2.33. The SMILES string of the molecule is Fc1cccc(C(F)(F)F)c1CN1CCNCC1. The molecule has 0 bridgehead atoms. The summed E-state index contributed by atoms with van der Waals surface area (Å²) in [6.45, 7) is 2.70. The van der Waals surface area contributed by atoms with E-state index >= 15 is 0 Å². The molecule has 2 nitrogen and oxygen atoms in total. The van der Waals surface area contributed by atoms with Crippen LogP contribution in [0.4, 0.5) is 17.6 Å². The summed E-state index contributed by atoms with van der Waals surface area (Å²) in [7, 11) is 0. The number of rotatable bonds is 2. The fourth-order valence-electron chi connectivity index (χ4n) is 2.08. The Morgan fingerprint density at radius 3 is 2.44 bits per heavy atom. The highest BCUT2D eigenvalue weighted by atomic mass is 19.4. The molecule has 0 aromatic heterocycles. The molecular weight excluding hydrogens is 248 g/mol. The van der Waals surface area contributed by atoms with Crippen LogP contribution < -0.4 is 5.32 Å². The minimum atomic E-state index is -4.51. The second-order valence-electron chi connectivity index (χ2n) is 4.29. The Morgan fingerprint density at radius 2 is 1.83 bits per heavy atom. The van der Waals surface area contributed by atoms with Gasteiger partial charge in [0.1, 0.15) is 5.82 Å². The Kier molecular flexibility index (Phi) is 3.87. The van der Waals surface area contributed by atoms with E-state index in [9.17, 15) is 17.6 Å². The summed E-state index contributed by atoms with van der Waals surface area (Å²) in [5.74, 6) is -0.789. The predicted molar refractivity (Wildman–Crippen MR) is 59.5 cm³/mol. The van der Waals surface area contributed by atoms with Crippen molar-refractivity contribution < 1.29 is 17.6 Å². The Labute approximate surface area is 103 Å². The van der Waals surface area contributed by atoms with Crippen LogP contribution in [0.25, 0.3) is 0 Å². The molecule has 0 aliphatic carbocycles. The quantitative estimate of drug-likeness (QED) is 0.822. The van der Waals surface area contributed by atoms with Crippen molar-refractivity contribution in [3.63, 3.8) is 0 Å². The van der Waals surface area contributed by atoms with Crippen LogP contribution in [0.2, 0.25) is 0 Å². The molecule has 100 valence electrons. The van der Waals surface area contributed by atoms with Crippen LogP contribution in [0.15, 0.2) is 18.2 Å². The van der Waals surface area contributed by atoms with Crippen molar-refractivity contribution in [3.8, 4) is 0 Å². The van der Waals surface area contributed by atoms with Gasteiger partial charge in [-0.3, -0.25) is 4.90 Å². The standard InChI is InChI=1S/C12H14F4N2/c13-11-3-1-2-10(12(14,15)16)9(11)8-18-6-4-17-5-7-18/h1-3,17H,4-8H2. The molecule has 0 radical (unpaired) electrons. The molecule has 0 unspecified atom stereocenters. The molecule has 1 aromatic rings. The number of nitrogens with zero attached hydrogens (tertiary/aromatic N) is 1. The molecule has 1 aromatic carbocycles. The van der Waals surface area contributed by atoms with Crippen molar-refractivity contribution in [2.24, 2.45) is 0 Å². The van der Waals surface area contributed by atoms with Gasteiger partial charge in [0.05, 0.1) is 5.56 Å². The molecule has 0 amide bonds. The van der Waals surface area contributed by atoms with E-state index < -0.39 is 17.6 Å². The Bertz CT molecular complexity index is 411. The topological polar surface area (TPSA) is 15.3 Å². The van der Waals surface area contributed by atoms with E-state index in [-0.39, 0.29) is 12.1 Å². The Morgan fingerprint density at radius 1 is 1.17 bits per heavy atom. The van der Waals surface area contributed by atoms with Gasteiger partial charge < -0.3 is 5.32 Å². The largest absolute Gasteiger partial charge is 0.416 e. The maximum atomic E-state index is 13.6. The zero-order valence-electron chi connectivity index (χ0n) is 9.73. The minimum absolute atomic E-state index is 0.00317. The minimum Gasteiger partial charge on any atom is -0.314 e. The van der Waals surface area contributed by atoms with Gasteiger partial charge in [0.15, 0.2) is 0 Å². The summed E-state index contributed by atoms with van der Waals surface area (Å²) >= 11 is 0. The van der Waals surface area contributed by atoms with Crippen molar-refractivity contribution in [2.45, 2.75) is 12.7 Å². The molecule has 1 heterocycles. The van der Waals surface area contributed by atoms with Gasteiger partial charge in [-0.1, -0.05) is 6.07 Å². The molecule has 1 N–H and O–H groups in total. The molecule has 1 fully saturated rings. The maximum absolute atomic E-state index is 13.6. The Hall–Kier alpha value is -1.14. The zero-order chi connectivity index (χ0) is 13.2. The maximum Gasteiger partial charge on any atom is 0.416 e. The van der Waals surface area contributed by atoms with Gasteiger partial charge in [-0.25, -0.2) is 4.39 Å². The van der Waals surface area contributed by atoms with Gasteiger partial charge in [0, 0.05) is 38.3 Å². The molecule has 18 heavy (non-hydrogen) atoms. The third-order valence-electron chi connectivity index (χ3n) is 3.02. The average Bonchev–Trinajstić information content (AvgIpc) is 2.32. The van der Waals surface area contributed by atoms with Crippen molar-refractivity contribution in [3.05, 3.63) is 35.1 Å². The van der Waals surface area contributed by atoms with E-state index in [4.69, 9.17) is 0 Å². The second kappa shape index (κ2) is 5.24. The summed E-state index contributed by atoms with van der Waals surface area (Å²) in [4.78, 5) is 1.82. The fourth-order valence-corrected chi connectivity index (χ4v) is 2.08. The van der Waals surface area contributed by atoms with Crippen molar-refractivity contribution >= 4 is 0 Å². The first-order valence-corrected chi connectivity index (χ1v) is 5.76. The van der Waals surface area contributed by atoms with Gasteiger partial charge in [-0.15, -0.1) is 0 Å². The fraction of sp³-hybridized carbons (Fsp3) is 0.500. The lowest BCUT2D eigenvalue weighted by Crippen LogP contribution is -2.43. The highest BCUT2D eigenvalue weighted by molar-refractivity contribution is 5.31. The van der Waals surface area contributed by atoms with Crippen LogP contribution in [-0.2, 0) is 12.7 Å². The number of alkyl halides is 3. The van der Waals surface area contributed by atoms with E-state index in [2.05, 4.69) is 5.32 Å². The molecule has 1 aliphatic rings. The van der Waals surface area contributed by atoms with Crippen molar-refractivity contribution in [1.82, 2.24) is 10.2 Å². The monoisotopic (exact) mass is 262 g/mol. The molecule has 0 spiro atoms. The summed E-state index contributed by atoms with van der Waals surface area (Å²) < 4.78 is 51.9. The first-order valence-electron chi connectivity index (χ1n) is 5.76. The lowest BCUT2D eigenvalue weighted by atomic mass is 10.1. The third-order valence-corrected chi connectivity index (χ3v) is 3.02. The second-order valence-corrected chi connectivity index (χ2v) is 4.29. The lowest BCUT2D eigenvalue weighted by molar-refractivity contribution is -0.138. The van der Waals surface area contributed by atoms with Crippen LogP contribution in [0.5, 0.6) is 0 Å². The van der Waals surface area contributed by atoms with Crippen molar-refractivity contribution in [2.75, 3.05) is 26.2 Å². The third kappa shape index (κ3) is 3.00. The number of hydrogen-bond acceptors (Lipinski definition) is 2. The van der Waals surface area contributed by atoms with E-state index in [0.717, 1.165) is 31.3 Å². The van der Waals surface area contributed by atoms with Crippen LogP contribution in [0.3, 0.4) is 0 Å².